The molecule has 0 radical (unpaired) electrons. The summed E-state index contributed by atoms with van der Waals surface area (Å²) < 4.78 is 24.4. The van der Waals surface area contributed by atoms with E-state index in [0.717, 1.165) is 17.6 Å². The highest BCUT2D eigenvalue weighted by atomic mass is 32.2. The van der Waals surface area contributed by atoms with Gasteiger partial charge in [0.2, 0.25) is 11.6 Å². The molecule has 2 aliphatic rings. The molecule has 4 unspecified atom stereocenters. The van der Waals surface area contributed by atoms with Crippen molar-refractivity contribution < 1.29 is 33.0 Å². The Balaban J connectivity index is 0.000000191. The largest absolute Gasteiger partial charge is 0.494 e. The van der Waals surface area contributed by atoms with Crippen LogP contribution in [-0.4, -0.2) is 71.7 Å². The molecule has 3 aromatic rings. The minimum Gasteiger partial charge on any atom is -0.494 e. The number of rotatable bonds is 12. The fourth-order valence-corrected chi connectivity index (χ4v) is 6.91. The number of nitrogens with one attached hydrogen (secondary N) is 2. The van der Waals surface area contributed by atoms with Crippen LogP contribution >= 0.6 is 23.5 Å². The van der Waals surface area contributed by atoms with Crippen LogP contribution in [0.4, 0.5) is 4.39 Å². The summed E-state index contributed by atoms with van der Waals surface area (Å²) in [7, 11) is 0. The summed E-state index contributed by atoms with van der Waals surface area (Å²) in [6, 6.07) is 19.5. The lowest BCUT2D eigenvalue weighted by Gasteiger charge is -2.15. The number of aldehydes is 2. The Labute approximate surface area is 246 Å². The van der Waals surface area contributed by atoms with E-state index in [0.29, 0.717) is 44.0 Å². The molecule has 216 valence electrons. The van der Waals surface area contributed by atoms with Gasteiger partial charge in [0.25, 0.3) is 0 Å². The molecule has 0 aromatic heterocycles. The van der Waals surface area contributed by atoms with E-state index in [1.807, 2.05) is 30.3 Å². The number of para-hydroxylation sites is 1. The minimum atomic E-state index is -0.452. The molecule has 2 N–H and O–H groups in total. The van der Waals surface area contributed by atoms with Gasteiger partial charge in [-0.25, -0.2) is 4.39 Å². The number of fused-ring (bicyclic) bond motifs is 1. The molecule has 4 atom stereocenters. The third kappa shape index (κ3) is 8.62. The van der Waals surface area contributed by atoms with E-state index in [1.165, 1.54) is 11.5 Å². The molecule has 2 heterocycles. The maximum Gasteiger partial charge on any atom is 0.213 e. The SMILES string of the molecule is O=CC(=O)C1NCSC1CCOc1ccc2ccccc2c1.O=CC(=O)C1NCSC1CCOc1ccccc1F. The number of carbonyl (C=O) groups excluding carboxylic acids is 4. The van der Waals surface area contributed by atoms with Gasteiger partial charge in [-0.1, -0.05) is 42.5 Å². The predicted octanol–water partition coefficient (Wildman–Crippen LogP) is 3.80. The van der Waals surface area contributed by atoms with Crippen LogP contribution < -0.4 is 20.1 Å². The highest BCUT2D eigenvalue weighted by Crippen LogP contribution is 2.27. The van der Waals surface area contributed by atoms with Crippen molar-refractivity contribution in [3.63, 3.8) is 0 Å². The van der Waals surface area contributed by atoms with E-state index >= 15 is 0 Å². The lowest BCUT2D eigenvalue weighted by Crippen LogP contribution is -2.39. The first-order chi connectivity index (χ1) is 20.0. The summed E-state index contributed by atoms with van der Waals surface area (Å²) in [5.41, 5.74) is 0. The Morgan fingerprint density at radius 3 is 1.95 bits per heavy atom. The smallest absolute Gasteiger partial charge is 0.213 e. The topological polar surface area (TPSA) is 111 Å². The molecule has 2 fully saturated rings. The summed E-state index contributed by atoms with van der Waals surface area (Å²) in [4.78, 5) is 44.0. The molecule has 11 heteroatoms. The van der Waals surface area contributed by atoms with Crippen molar-refractivity contribution >= 4 is 58.4 Å². The third-order valence-electron chi connectivity index (χ3n) is 6.68. The van der Waals surface area contributed by atoms with Gasteiger partial charge in [-0.15, -0.1) is 23.5 Å². The molecule has 0 bridgehead atoms. The molecular formula is C30H31FN2O6S2. The van der Waals surface area contributed by atoms with Crippen molar-refractivity contribution in [3.05, 3.63) is 72.5 Å². The zero-order chi connectivity index (χ0) is 29.0. The number of hydrogen-bond acceptors (Lipinski definition) is 10. The standard InChI is InChI=1S/C17H17NO3S.C13H14FNO3S/c19-10-15(20)17-16(22-11-18-17)7-8-21-14-6-5-12-3-1-2-4-13(12)9-14;14-9-3-1-2-4-11(9)18-6-5-12-13(10(17)7-16)15-8-19-12/h1-6,9-10,16-18H,7-8,11H2;1-4,7,12-13,15H,5-6,8H2. The maximum absolute atomic E-state index is 13.3. The van der Waals surface area contributed by atoms with E-state index in [2.05, 4.69) is 22.8 Å². The Morgan fingerprint density at radius 2 is 1.34 bits per heavy atom. The lowest BCUT2D eigenvalue weighted by molar-refractivity contribution is -0.131. The third-order valence-corrected chi connectivity index (χ3v) is 9.22. The van der Waals surface area contributed by atoms with Gasteiger partial charge < -0.3 is 9.47 Å². The van der Waals surface area contributed by atoms with Gasteiger partial charge in [0.15, 0.2) is 24.1 Å². The molecule has 0 spiro atoms. The van der Waals surface area contributed by atoms with Crippen LogP contribution in [0.15, 0.2) is 66.7 Å². The normalized spacial score (nSPS) is 21.5. The number of carbonyl (C=O) groups is 4. The molecule has 5 rings (SSSR count). The van der Waals surface area contributed by atoms with Crippen LogP contribution in [0.5, 0.6) is 11.5 Å². The molecule has 8 nitrogen and oxygen atoms in total. The first-order valence-corrected chi connectivity index (χ1v) is 15.3. The Morgan fingerprint density at radius 1 is 0.780 bits per heavy atom. The maximum atomic E-state index is 13.3. The molecule has 2 aliphatic heterocycles. The van der Waals surface area contributed by atoms with Gasteiger partial charge in [-0.3, -0.25) is 29.8 Å². The molecule has 3 aromatic carbocycles. The second-order valence-corrected chi connectivity index (χ2v) is 11.8. The van der Waals surface area contributed by atoms with Crippen LogP contribution in [-0.2, 0) is 19.2 Å². The van der Waals surface area contributed by atoms with Crippen molar-refractivity contribution in [1.29, 1.82) is 0 Å². The second kappa shape index (κ2) is 15.7. The van der Waals surface area contributed by atoms with Crippen molar-refractivity contribution in [2.45, 2.75) is 35.4 Å². The Kier molecular flexibility index (Phi) is 11.7. The minimum absolute atomic E-state index is 0.00975. The average molecular weight is 599 g/mol. The number of halogens is 1. The fourth-order valence-electron chi connectivity index (χ4n) is 4.56. The van der Waals surface area contributed by atoms with Crippen LogP contribution in [0.2, 0.25) is 0 Å². The van der Waals surface area contributed by atoms with Gasteiger partial charge in [0.05, 0.1) is 25.3 Å². The van der Waals surface area contributed by atoms with Gasteiger partial charge in [-0.2, -0.15) is 0 Å². The highest BCUT2D eigenvalue weighted by Gasteiger charge is 2.33. The van der Waals surface area contributed by atoms with Gasteiger partial charge >= 0.3 is 0 Å². The summed E-state index contributed by atoms with van der Waals surface area (Å²) in [6.07, 6.45) is 2.06. The van der Waals surface area contributed by atoms with Crippen LogP contribution in [0.3, 0.4) is 0 Å². The monoisotopic (exact) mass is 598 g/mol. The van der Waals surface area contributed by atoms with Gasteiger partial charge in [0.1, 0.15) is 5.75 Å². The number of ketones is 2. The molecule has 0 aliphatic carbocycles. The van der Waals surface area contributed by atoms with Crippen LogP contribution in [0, 0.1) is 5.82 Å². The van der Waals surface area contributed by atoms with Gasteiger partial charge in [-0.05, 0) is 47.9 Å². The number of ether oxygens (including phenoxy) is 2. The van der Waals surface area contributed by atoms with Crippen molar-refractivity contribution in [2.24, 2.45) is 0 Å². The van der Waals surface area contributed by atoms with E-state index < -0.39 is 17.6 Å². The predicted molar refractivity (Wildman–Crippen MR) is 159 cm³/mol. The first kappa shape index (κ1) is 30.7. The average Bonchev–Trinajstić information content (AvgIpc) is 3.67. The van der Waals surface area contributed by atoms with Crippen molar-refractivity contribution in [2.75, 3.05) is 25.0 Å². The molecule has 0 amide bonds. The van der Waals surface area contributed by atoms with Gasteiger partial charge in [0, 0.05) is 22.3 Å². The quantitative estimate of drug-likeness (QED) is 0.236. The summed E-state index contributed by atoms with van der Waals surface area (Å²) in [6.45, 7) is 0.837. The zero-order valence-corrected chi connectivity index (χ0v) is 23.8. The number of hydrogen-bond donors (Lipinski definition) is 2. The lowest BCUT2D eigenvalue weighted by atomic mass is 10.1. The van der Waals surface area contributed by atoms with E-state index in [1.54, 1.807) is 41.7 Å². The molecule has 41 heavy (non-hydrogen) atoms. The summed E-state index contributed by atoms with van der Waals surface area (Å²) in [5.74, 6) is 1.14. The summed E-state index contributed by atoms with van der Waals surface area (Å²) >= 11 is 3.23. The molecule has 0 saturated carbocycles. The fraction of sp³-hybridized carbons (Fsp3) is 0.333. The zero-order valence-electron chi connectivity index (χ0n) is 22.2. The van der Waals surface area contributed by atoms with Crippen molar-refractivity contribution in [1.82, 2.24) is 10.6 Å². The Bertz CT molecular complexity index is 1360. The number of benzene rings is 3. The van der Waals surface area contributed by atoms with Crippen LogP contribution in [0.1, 0.15) is 12.8 Å². The molecule has 2 saturated heterocycles. The molecular weight excluding hydrogens is 567 g/mol. The van der Waals surface area contributed by atoms with Crippen molar-refractivity contribution in [3.8, 4) is 11.5 Å². The number of thioether (sulfide) groups is 2. The Hall–Kier alpha value is -3.25. The first-order valence-electron chi connectivity index (χ1n) is 13.2. The van der Waals surface area contributed by atoms with E-state index in [9.17, 15) is 23.6 Å². The van der Waals surface area contributed by atoms with E-state index in [-0.39, 0.29) is 28.1 Å². The summed E-state index contributed by atoms with van der Waals surface area (Å²) in [5, 5.41) is 8.44. The number of Topliss-reactive ketones (excluding diaryl/α,β-unsaturated/α-hetero) is 2. The second-order valence-electron chi connectivity index (χ2n) is 9.32. The van der Waals surface area contributed by atoms with E-state index in [4.69, 9.17) is 9.47 Å². The highest BCUT2D eigenvalue weighted by molar-refractivity contribution is 8.00. The van der Waals surface area contributed by atoms with Crippen LogP contribution in [0.25, 0.3) is 10.8 Å².